The molecule has 6 heteroatoms. The van der Waals surface area contributed by atoms with E-state index in [9.17, 15) is 9.90 Å². The zero-order chi connectivity index (χ0) is 13.7. The van der Waals surface area contributed by atoms with E-state index in [1.165, 1.54) is 0 Å². The maximum atomic E-state index is 12.3. The number of hydrogen-bond donors (Lipinski definition) is 3. The number of aliphatic hydroxyl groups excluding tert-OH is 1. The minimum absolute atomic E-state index is 0.129. The topological polar surface area (TPSA) is 61.4 Å². The van der Waals surface area contributed by atoms with Crippen LogP contribution in [0.1, 0.15) is 11.3 Å². The van der Waals surface area contributed by atoms with Crippen molar-refractivity contribution in [2.45, 2.75) is 12.6 Å². The van der Waals surface area contributed by atoms with Gasteiger partial charge in [-0.3, -0.25) is 4.79 Å². The molecular weight excluding hydrogens is 292 g/mol. The highest BCUT2D eigenvalue weighted by atomic mass is 32.2. The van der Waals surface area contributed by atoms with Crippen molar-refractivity contribution in [3.63, 3.8) is 0 Å². The van der Waals surface area contributed by atoms with Crippen LogP contribution < -0.4 is 10.6 Å². The van der Waals surface area contributed by atoms with E-state index in [1.807, 2.05) is 17.5 Å². The largest absolute Gasteiger partial charge is 0.369 e. The number of thioether (sulfide) groups is 1. The molecule has 1 unspecified atom stereocenters. The second kappa shape index (κ2) is 4.51. The molecule has 0 fully saturated rings. The summed E-state index contributed by atoms with van der Waals surface area (Å²) in [6.45, 7) is 0. The fourth-order valence-corrected chi connectivity index (χ4v) is 4.43. The Labute approximate surface area is 124 Å². The number of aliphatic hydroxyl groups is 1. The molecule has 4 heterocycles. The lowest BCUT2D eigenvalue weighted by Gasteiger charge is -2.11. The van der Waals surface area contributed by atoms with Crippen molar-refractivity contribution in [1.29, 1.82) is 0 Å². The van der Waals surface area contributed by atoms with Crippen LogP contribution in [0.25, 0.3) is 5.70 Å². The molecule has 4 nitrogen and oxygen atoms in total. The van der Waals surface area contributed by atoms with E-state index in [1.54, 1.807) is 23.1 Å². The zero-order valence-electron chi connectivity index (χ0n) is 10.5. The van der Waals surface area contributed by atoms with Gasteiger partial charge in [0.05, 0.1) is 21.8 Å². The van der Waals surface area contributed by atoms with Crippen molar-refractivity contribution in [2.75, 3.05) is 5.75 Å². The number of allylic oxidation sites excluding steroid dienone is 1. The molecular formula is C14H12N2O2S2. The van der Waals surface area contributed by atoms with Crippen LogP contribution in [0.15, 0.2) is 45.3 Å². The molecule has 102 valence electrons. The number of thiophene rings is 1. The van der Waals surface area contributed by atoms with Crippen molar-refractivity contribution in [3.8, 4) is 0 Å². The van der Waals surface area contributed by atoms with Crippen LogP contribution in [0.3, 0.4) is 0 Å². The van der Waals surface area contributed by atoms with Crippen molar-refractivity contribution >= 4 is 34.7 Å². The van der Waals surface area contributed by atoms with Crippen LogP contribution in [-0.2, 0) is 4.79 Å². The van der Waals surface area contributed by atoms with Crippen molar-refractivity contribution in [2.24, 2.45) is 0 Å². The number of hydrogen-bond acceptors (Lipinski definition) is 5. The van der Waals surface area contributed by atoms with E-state index in [4.69, 9.17) is 0 Å². The fourth-order valence-electron chi connectivity index (χ4n) is 2.69. The summed E-state index contributed by atoms with van der Waals surface area (Å²) in [5.74, 6) is 0.901. The van der Waals surface area contributed by atoms with Gasteiger partial charge in [0, 0.05) is 16.2 Å². The first-order valence-electron chi connectivity index (χ1n) is 6.37. The zero-order valence-corrected chi connectivity index (χ0v) is 12.1. The van der Waals surface area contributed by atoms with Gasteiger partial charge in [-0.1, -0.05) is 12.1 Å². The number of nitrogens with one attached hydrogen (secondary N) is 2. The van der Waals surface area contributed by atoms with Crippen LogP contribution >= 0.6 is 23.1 Å². The first-order chi connectivity index (χ1) is 9.75. The number of fused-ring (bicyclic) bond motifs is 1. The van der Waals surface area contributed by atoms with E-state index >= 15 is 0 Å². The third kappa shape index (κ3) is 1.69. The van der Waals surface area contributed by atoms with Gasteiger partial charge in [-0.25, -0.2) is 0 Å². The Morgan fingerprint density at radius 3 is 2.95 bits per heavy atom. The highest BCUT2D eigenvalue weighted by molar-refractivity contribution is 8.03. The fraction of sp³-hybridized carbons (Fsp3) is 0.214. The number of amides is 1. The molecule has 1 atom stereocenters. The number of rotatable bonds is 2. The summed E-state index contributed by atoms with van der Waals surface area (Å²) in [6.07, 6.45) is 2.30. The minimum atomic E-state index is -0.821. The van der Waals surface area contributed by atoms with Gasteiger partial charge in [0.25, 0.3) is 5.91 Å². The lowest BCUT2D eigenvalue weighted by Crippen LogP contribution is -2.25. The Bertz CT molecular complexity index is 686. The highest BCUT2D eigenvalue weighted by Gasteiger charge is 2.41. The van der Waals surface area contributed by atoms with Crippen LogP contribution in [-0.4, -0.2) is 23.0 Å². The molecule has 3 aliphatic heterocycles. The predicted molar refractivity (Wildman–Crippen MR) is 80.7 cm³/mol. The Kier molecular flexibility index (Phi) is 2.76. The van der Waals surface area contributed by atoms with Gasteiger partial charge in [-0.15, -0.1) is 23.1 Å². The second-order valence-corrected chi connectivity index (χ2v) is 6.81. The summed E-state index contributed by atoms with van der Waals surface area (Å²) < 4.78 is 0. The summed E-state index contributed by atoms with van der Waals surface area (Å²) in [6, 6.07) is 3.89. The molecule has 3 N–H and O–H groups in total. The number of carbonyl (C=O) groups is 1. The van der Waals surface area contributed by atoms with E-state index in [-0.39, 0.29) is 5.91 Å². The Morgan fingerprint density at radius 1 is 1.35 bits per heavy atom. The highest BCUT2D eigenvalue weighted by Crippen LogP contribution is 2.42. The molecule has 3 aliphatic rings. The van der Waals surface area contributed by atoms with Gasteiger partial charge < -0.3 is 15.7 Å². The first-order valence-corrected chi connectivity index (χ1v) is 8.24. The summed E-state index contributed by atoms with van der Waals surface area (Å²) in [5, 5.41) is 18.2. The van der Waals surface area contributed by atoms with Crippen molar-refractivity contribution < 1.29 is 9.90 Å². The molecule has 1 aromatic heterocycles. The van der Waals surface area contributed by atoms with E-state index in [0.717, 1.165) is 33.4 Å². The third-order valence-corrected chi connectivity index (χ3v) is 5.54. The van der Waals surface area contributed by atoms with E-state index in [2.05, 4.69) is 16.7 Å². The average Bonchev–Trinajstić information content (AvgIpc) is 3.17. The molecule has 1 amide bonds. The summed E-state index contributed by atoms with van der Waals surface area (Å²) in [7, 11) is 0. The lowest BCUT2D eigenvalue weighted by molar-refractivity contribution is -0.115. The van der Waals surface area contributed by atoms with Crippen LogP contribution in [0.2, 0.25) is 0 Å². The molecule has 20 heavy (non-hydrogen) atoms. The Morgan fingerprint density at radius 2 is 2.25 bits per heavy atom. The first kappa shape index (κ1) is 12.3. The molecule has 0 radical (unpaired) electrons. The molecule has 0 bridgehead atoms. The average molecular weight is 304 g/mol. The predicted octanol–water partition coefficient (Wildman–Crippen LogP) is 1.79. The Hall–Kier alpha value is -1.50. The summed E-state index contributed by atoms with van der Waals surface area (Å²) in [5.41, 5.74) is 2.79. The van der Waals surface area contributed by atoms with Gasteiger partial charge >= 0.3 is 0 Å². The SMILES string of the molecule is O=C1NC(C2=CCCS2)=C2C1=C(c1cccs1)NC2O. The summed E-state index contributed by atoms with van der Waals surface area (Å²) >= 11 is 3.27. The van der Waals surface area contributed by atoms with Gasteiger partial charge in [0.2, 0.25) is 0 Å². The van der Waals surface area contributed by atoms with Crippen LogP contribution in [0.5, 0.6) is 0 Å². The molecule has 4 rings (SSSR count). The monoisotopic (exact) mass is 304 g/mol. The van der Waals surface area contributed by atoms with Gasteiger partial charge in [0.1, 0.15) is 0 Å². The third-order valence-electron chi connectivity index (χ3n) is 3.53. The Balaban J connectivity index is 1.88. The quantitative estimate of drug-likeness (QED) is 0.779. The van der Waals surface area contributed by atoms with Crippen LogP contribution in [0.4, 0.5) is 0 Å². The van der Waals surface area contributed by atoms with E-state index < -0.39 is 6.23 Å². The van der Waals surface area contributed by atoms with E-state index in [0.29, 0.717) is 11.1 Å². The normalized spacial score (nSPS) is 24.9. The van der Waals surface area contributed by atoms with Crippen molar-refractivity contribution in [1.82, 2.24) is 10.6 Å². The molecule has 0 aliphatic carbocycles. The number of carbonyl (C=O) groups excluding carboxylic acids is 1. The maximum Gasteiger partial charge on any atom is 0.258 e. The standard InChI is InChI=1S/C14H12N2O2S2/c17-13-9-10(12(16-13)8-4-2-6-20-8)14(18)15-11(9)7-3-1-5-19-7/h1,3-5,14-15,18H,2,6H2,(H,16,17). The molecule has 0 aromatic carbocycles. The summed E-state index contributed by atoms with van der Waals surface area (Å²) in [4.78, 5) is 14.3. The molecule has 1 aromatic rings. The minimum Gasteiger partial charge on any atom is -0.369 e. The maximum absolute atomic E-state index is 12.3. The lowest BCUT2D eigenvalue weighted by atomic mass is 10.1. The smallest absolute Gasteiger partial charge is 0.258 e. The molecule has 0 saturated heterocycles. The van der Waals surface area contributed by atoms with Crippen LogP contribution in [0, 0.1) is 0 Å². The van der Waals surface area contributed by atoms with Gasteiger partial charge in [-0.2, -0.15) is 0 Å². The van der Waals surface area contributed by atoms with Gasteiger partial charge in [0.15, 0.2) is 6.23 Å². The second-order valence-electron chi connectivity index (χ2n) is 4.72. The molecule has 0 spiro atoms. The molecule has 0 saturated carbocycles. The van der Waals surface area contributed by atoms with Crippen molar-refractivity contribution in [3.05, 3.63) is 50.2 Å². The van der Waals surface area contributed by atoms with Gasteiger partial charge in [-0.05, 0) is 17.9 Å².